The first-order chi connectivity index (χ1) is 17.3. The molecule has 1 N–H and O–H groups in total. The third-order valence-electron chi connectivity index (χ3n) is 7.96. The largest absolute Gasteiger partial charge is 0.378 e. The van der Waals surface area contributed by atoms with Crippen molar-refractivity contribution in [1.82, 2.24) is 4.57 Å². The molecule has 2 fully saturated rings. The molecule has 5 nitrogen and oxygen atoms in total. The third-order valence-corrected chi connectivity index (χ3v) is 11.5. The molecular weight excluding hydrogens is 533 g/mol. The number of fused-ring (bicyclic) bond motifs is 6. The standard InChI is InChI=1S/C27H27Cl2N3O2S2/c1-31(2)18-8-5-14(6-9-18)22-23-15-3-4-16(11-15)24(23)35-26-25(22)36-27(34)32(26)13-21(33)30-17-7-10-19(28)20(29)12-17/h5-10,12,15-16,22-24H,3-4,11,13H2,1-2H3,(H,30,33)/t15-,16-,22-,23-,24+/m0/s1. The summed E-state index contributed by atoms with van der Waals surface area (Å²) in [6.45, 7) is -0.0182. The van der Waals surface area contributed by atoms with Crippen LogP contribution in [0.25, 0.3) is 0 Å². The average Bonchev–Trinajstić information content (AvgIpc) is 3.54. The number of hydrogen-bond donors (Lipinski definition) is 1. The summed E-state index contributed by atoms with van der Waals surface area (Å²) in [4.78, 5) is 29.4. The van der Waals surface area contributed by atoms with Gasteiger partial charge >= 0.3 is 4.87 Å². The number of rotatable bonds is 5. The number of carbonyl (C=O) groups excluding carboxylic acids is 1. The summed E-state index contributed by atoms with van der Waals surface area (Å²) >= 11 is 15.3. The zero-order valence-corrected chi connectivity index (χ0v) is 23.2. The van der Waals surface area contributed by atoms with Crippen LogP contribution in [0.1, 0.15) is 35.6 Å². The fourth-order valence-electron chi connectivity index (χ4n) is 6.36. The molecule has 1 aromatic heterocycles. The van der Waals surface area contributed by atoms with Gasteiger partial charge in [-0.05, 0) is 72.9 Å². The van der Waals surface area contributed by atoms with Crippen LogP contribution in [0.3, 0.4) is 0 Å². The first-order valence-electron chi connectivity index (χ1n) is 12.2. The fraction of sp³-hybridized carbons (Fsp3) is 0.407. The number of halogens is 2. The molecule has 2 aromatic carbocycles. The van der Waals surface area contributed by atoms with Crippen LogP contribution in [-0.4, -0.2) is 29.8 Å². The van der Waals surface area contributed by atoms with Crippen LogP contribution in [0.5, 0.6) is 0 Å². The first-order valence-corrected chi connectivity index (χ1v) is 14.7. The monoisotopic (exact) mass is 559 g/mol. The average molecular weight is 561 g/mol. The number of nitrogens with zero attached hydrogens (tertiary/aromatic N) is 2. The Morgan fingerprint density at radius 3 is 2.56 bits per heavy atom. The molecule has 2 aliphatic carbocycles. The van der Waals surface area contributed by atoms with Crippen molar-refractivity contribution in [3.05, 3.63) is 72.6 Å². The lowest BCUT2D eigenvalue weighted by molar-refractivity contribution is -0.116. The van der Waals surface area contributed by atoms with Gasteiger partial charge in [-0.25, -0.2) is 0 Å². The van der Waals surface area contributed by atoms with Gasteiger partial charge in [0.1, 0.15) is 6.54 Å². The molecule has 3 aliphatic rings. The highest BCUT2D eigenvalue weighted by Crippen LogP contribution is 2.64. The van der Waals surface area contributed by atoms with Crippen LogP contribution in [-0.2, 0) is 11.3 Å². The Morgan fingerprint density at radius 1 is 1.08 bits per heavy atom. The summed E-state index contributed by atoms with van der Waals surface area (Å²) in [6.07, 6.45) is 3.84. The van der Waals surface area contributed by atoms with E-state index in [1.165, 1.54) is 41.9 Å². The summed E-state index contributed by atoms with van der Waals surface area (Å²) in [7, 11) is 4.09. The number of amides is 1. The molecule has 1 aliphatic heterocycles. The number of aromatic nitrogens is 1. The predicted octanol–water partition coefficient (Wildman–Crippen LogP) is 6.57. The maximum Gasteiger partial charge on any atom is 0.308 e. The lowest BCUT2D eigenvalue weighted by Gasteiger charge is -2.40. The molecule has 6 rings (SSSR count). The Bertz CT molecular complexity index is 1380. The summed E-state index contributed by atoms with van der Waals surface area (Å²) < 4.78 is 1.68. The highest BCUT2D eigenvalue weighted by atomic mass is 35.5. The van der Waals surface area contributed by atoms with E-state index < -0.39 is 0 Å². The van der Waals surface area contributed by atoms with Crippen LogP contribution in [0.2, 0.25) is 10.0 Å². The molecule has 36 heavy (non-hydrogen) atoms. The molecule has 2 heterocycles. The quantitative estimate of drug-likeness (QED) is 0.384. The van der Waals surface area contributed by atoms with Gasteiger partial charge in [-0.15, -0.1) is 11.8 Å². The molecule has 0 radical (unpaired) electrons. The van der Waals surface area contributed by atoms with Gasteiger partial charge in [-0.1, -0.05) is 46.7 Å². The van der Waals surface area contributed by atoms with Gasteiger partial charge < -0.3 is 10.2 Å². The zero-order chi connectivity index (χ0) is 25.1. The van der Waals surface area contributed by atoms with E-state index in [9.17, 15) is 9.59 Å². The zero-order valence-electron chi connectivity index (χ0n) is 20.0. The molecule has 2 bridgehead atoms. The van der Waals surface area contributed by atoms with Crippen molar-refractivity contribution in [2.75, 3.05) is 24.3 Å². The van der Waals surface area contributed by atoms with E-state index in [4.69, 9.17) is 23.2 Å². The van der Waals surface area contributed by atoms with Crippen molar-refractivity contribution < 1.29 is 4.79 Å². The van der Waals surface area contributed by atoms with Crippen LogP contribution >= 0.6 is 46.3 Å². The minimum atomic E-state index is -0.251. The second-order valence-corrected chi connectivity index (χ2v) is 13.2. The molecule has 1 amide bonds. The Morgan fingerprint density at radius 2 is 1.83 bits per heavy atom. The minimum Gasteiger partial charge on any atom is -0.378 e. The van der Waals surface area contributed by atoms with E-state index in [1.54, 1.807) is 22.8 Å². The van der Waals surface area contributed by atoms with Crippen LogP contribution in [0, 0.1) is 17.8 Å². The number of benzene rings is 2. The van der Waals surface area contributed by atoms with E-state index in [1.807, 2.05) is 25.9 Å². The highest BCUT2D eigenvalue weighted by Gasteiger charge is 2.55. The molecular formula is C27H27Cl2N3O2S2. The molecule has 0 spiro atoms. The van der Waals surface area contributed by atoms with Gasteiger partial charge in [0.25, 0.3) is 0 Å². The number of nitrogens with one attached hydrogen (secondary N) is 1. The van der Waals surface area contributed by atoms with Gasteiger partial charge in [0, 0.05) is 41.5 Å². The van der Waals surface area contributed by atoms with E-state index in [-0.39, 0.29) is 23.2 Å². The van der Waals surface area contributed by atoms with E-state index in [2.05, 4.69) is 34.5 Å². The Balaban J connectivity index is 1.35. The SMILES string of the molecule is CN(C)c1ccc([C@@H]2c3sc(=O)n(CC(=O)Nc4ccc(Cl)c(Cl)c4)c3S[C@@H]3[C@H]4CC[C@@H](C4)[C@@H]23)cc1. The molecule has 0 unspecified atom stereocenters. The number of anilines is 2. The fourth-order valence-corrected chi connectivity index (χ4v) is 9.81. The van der Waals surface area contributed by atoms with Crippen LogP contribution in [0.15, 0.2) is 52.3 Å². The molecule has 3 aromatic rings. The van der Waals surface area contributed by atoms with E-state index in [0.717, 1.165) is 9.90 Å². The number of thiazole rings is 1. The smallest absolute Gasteiger partial charge is 0.308 e. The third kappa shape index (κ3) is 4.18. The molecule has 2 saturated carbocycles. The van der Waals surface area contributed by atoms with Crippen molar-refractivity contribution in [2.24, 2.45) is 17.8 Å². The van der Waals surface area contributed by atoms with Gasteiger partial charge in [0.2, 0.25) is 5.91 Å². The Hall–Kier alpha value is -1.93. The number of thioether (sulfide) groups is 1. The van der Waals surface area contributed by atoms with Crippen molar-refractivity contribution in [3.8, 4) is 0 Å². The molecule has 0 saturated heterocycles. The number of hydrogen-bond acceptors (Lipinski definition) is 5. The predicted molar refractivity (Wildman–Crippen MR) is 150 cm³/mol. The lowest BCUT2D eigenvalue weighted by Crippen LogP contribution is -2.34. The van der Waals surface area contributed by atoms with Crippen LogP contribution in [0.4, 0.5) is 11.4 Å². The van der Waals surface area contributed by atoms with Crippen molar-refractivity contribution in [1.29, 1.82) is 0 Å². The Kier molecular flexibility index (Phi) is 6.39. The van der Waals surface area contributed by atoms with Crippen molar-refractivity contribution in [2.45, 2.75) is 42.0 Å². The summed E-state index contributed by atoms with van der Waals surface area (Å²) in [5.74, 6) is 1.90. The number of carbonyl (C=O) groups is 1. The maximum absolute atomic E-state index is 13.3. The molecule has 9 heteroatoms. The summed E-state index contributed by atoms with van der Waals surface area (Å²) in [6, 6.07) is 13.8. The van der Waals surface area contributed by atoms with E-state index >= 15 is 0 Å². The Labute approximate surface area is 228 Å². The normalized spacial score (nSPS) is 25.9. The van der Waals surface area contributed by atoms with Gasteiger partial charge in [-0.2, -0.15) is 0 Å². The summed E-state index contributed by atoms with van der Waals surface area (Å²) in [5, 5.41) is 5.14. The lowest BCUT2D eigenvalue weighted by atomic mass is 9.75. The second-order valence-electron chi connectivity index (χ2n) is 10.3. The van der Waals surface area contributed by atoms with Gasteiger partial charge in [0.15, 0.2) is 0 Å². The minimum absolute atomic E-state index is 0.0182. The second kappa shape index (κ2) is 9.43. The van der Waals surface area contributed by atoms with Gasteiger partial charge in [0.05, 0.1) is 15.1 Å². The molecule has 188 valence electrons. The van der Waals surface area contributed by atoms with E-state index in [0.29, 0.717) is 38.7 Å². The highest BCUT2D eigenvalue weighted by molar-refractivity contribution is 8.00. The van der Waals surface area contributed by atoms with Crippen molar-refractivity contribution >= 4 is 63.6 Å². The van der Waals surface area contributed by atoms with Crippen LogP contribution < -0.4 is 15.1 Å². The van der Waals surface area contributed by atoms with Gasteiger partial charge in [-0.3, -0.25) is 14.2 Å². The maximum atomic E-state index is 13.3. The summed E-state index contributed by atoms with van der Waals surface area (Å²) in [5.41, 5.74) is 3.00. The molecule has 5 atom stereocenters. The topological polar surface area (TPSA) is 54.3 Å². The van der Waals surface area contributed by atoms with Crippen molar-refractivity contribution in [3.63, 3.8) is 0 Å². The first kappa shape index (κ1) is 24.4.